The van der Waals surface area contributed by atoms with E-state index in [1.54, 1.807) is 23.7 Å². The lowest BCUT2D eigenvalue weighted by Crippen LogP contribution is -2.15. The molecule has 0 saturated carbocycles. The maximum absolute atomic E-state index is 11.8. The Morgan fingerprint density at radius 1 is 1.45 bits per heavy atom. The molecule has 20 heavy (non-hydrogen) atoms. The second-order valence-electron chi connectivity index (χ2n) is 4.53. The van der Waals surface area contributed by atoms with Crippen molar-refractivity contribution in [3.63, 3.8) is 0 Å². The maximum Gasteiger partial charge on any atom is 0.328 e. The molecule has 2 N–H and O–H groups in total. The number of nitrogens with zero attached hydrogens (tertiary/aromatic N) is 2. The van der Waals surface area contributed by atoms with Crippen LogP contribution in [-0.4, -0.2) is 15.7 Å². The van der Waals surface area contributed by atoms with E-state index in [1.165, 1.54) is 0 Å². The molecular weight excluding hydrogens is 278 g/mol. The van der Waals surface area contributed by atoms with Crippen molar-refractivity contribution in [3.8, 4) is 0 Å². The molecule has 6 heteroatoms. The van der Waals surface area contributed by atoms with Crippen LogP contribution in [0.3, 0.4) is 0 Å². The Balaban J connectivity index is 1.94. The van der Waals surface area contributed by atoms with Crippen molar-refractivity contribution >= 4 is 23.3 Å². The van der Waals surface area contributed by atoms with Gasteiger partial charge in [-0.15, -0.1) is 0 Å². The van der Waals surface area contributed by atoms with Gasteiger partial charge in [0.15, 0.2) is 0 Å². The van der Waals surface area contributed by atoms with Gasteiger partial charge in [0, 0.05) is 5.02 Å². The molecule has 1 aromatic carbocycles. The molecule has 0 fully saturated rings. The Morgan fingerprint density at radius 2 is 2.20 bits per heavy atom. The summed E-state index contributed by atoms with van der Waals surface area (Å²) in [4.78, 5) is 11.8. The lowest BCUT2D eigenvalue weighted by Gasteiger charge is -2.06. The van der Waals surface area contributed by atoms with Gasteiger partial charge in [-0.3, -0.25) is 9.48 Å². The summed E-state index contributed by atoms with van der Waals surface area (Å²) in [5.41, 5.74) is 8.74. The fourth-order valence-corrected chi connectivity index (χ4v) is 2.04. The highest BCUT2D eigenvalue weighted by molar-refractivity contribution is 6.30. The number of nitrogen functional groups attached to an aromatic ring is 1. The van der Waals surface area contributed by atoms with Crippen LogP contribution in [-0.2, 0) is 22.7 Å². The number of hydrogen-bond donors (Lipinski definition) is 1. The highest BCUT2D eigenvalue weighted by Crippen LogP contribution is 2.15. The largest absolute Gasteiger partial charge is 0.459 e. The second kappa shape index (κ2) is 5.96. The third kappa shape index (κ3) is 3.30. The smallest absolute Gasteiger partial charge is 0.328 e. The number of aromatic nitrogens is 2. The average molecular weight is 294 g/mol. The summed E-state index contributed by atoms with van der Waals surface area (Å²) in [5.74, 6) is -0.365. The average Bonchev–Trinajstić information content (AvgIpc) is 2.64. The molecule has 0 spiro atoms. The molecular formula is C14H16ClN3O2. The van der Waals surface area contributed by atoms with Crippen molar-refractivity contribution in [2.75, 3.05) is 5.73 Å². The zero-order valence-electron chi connectivity index (χ0n) is 11.4. The monoisotopic (exact) mass is 293 g/mol. The first-order valence-electron chi connectivity index (χ1n) is 6.17. The van der Waals surface area contributed by atoms with E-state index >= 15 is 0 Å². The number of aryl methyl sites for hydroxylation is 1. The van der Waals surface area contributed by atoms with Gasteiger partial charge >= 0.3 is 5.97 Å². The molecule has 0 aliphatic heterocycles. The van der Waals surface area contributed by atoms with Crippen LogP contribution in [0.2, 0.25) is 5.02 Å². The molecule has 0 atom stereocenters. The first-order valence-corrected chi connectivity index (χ1v) is 6.54. The molecule has 5 nitrogen and oxygen atoms in total. The lowest BCUT2D eigenvalue weighted by molar-refractivity contribution is -0.145. The van der Waals surface area contributed by atoms with E-state index in [-0.39, 0.29) is 19.1 Å². The van der Waals surface area contributed by atoms with Crippen LogP contribution < -0.4 is 5.73 Å². The number of carbonyl (C=O) groups is 1. The Kier molecular flexibility index (Phi) is 4.29. The highest BCUT2D eigenvalue weighted by Gasteiger charge is 2.12. The molecule has 0 aliphatic rings. The van der Waals surface area contributed by atoms with Crippen molar-refractivity contribution in [1.82, 2.24) is 9.78 Å². The fourth-order valence-electron chi connectivity index (χ4n) is 1.82. The topological polar surface area (TPSA) is 70.1 Å². The summed E-state index contributed by atoms with van der Waals surface area (Å²) in [7, 11) is 0. The van der Waals surface area contributed by atoms with E-state index < -0.39 is 0 Å². The normalized spacial score (nSPS) is 10.6. The van der Waals surface area contributed by atoms with Crippen molar-refractivity contribution in [2.45, 2.75) is 27.0 Å². The van der Waals surface area contributed by atoms with Gasteiger partial charge in [0.2, 0.25) is 0 Å². The first-order chi connectivity index (χ1) is 9.47. The quantitative estimate of drug-likeness (QED) is 0.879. The summed E-state index contributed by atoms with van der Waals surface area (Å²) in [6, 6.07) is 7.19. The van der Waals surface area contributed by atoms with E-state index in [0.29, 0.717) is 16.4 Å². The molecule has 2 rings (SSSR count). The van der Waals surface area contributed by atoms with Gasteiger partial charge in [0.05, 0.1) is 17.1 Å². The Labute approximate surface area is 122 Å². The molecule has 1 aromatic heterocycles. The molecule has 0 aliphatic carbocycles. The minimum absolute atomic E-state index is 0.0461. The van der Waals surface area contributed by atoms with E-state index in [2.05, 4.69) is 5.10 Å². The van der Waals surface area contributed by atoms with Gasteiger partial charge < -0.3 is 10.5 Å². The highest BCUT2D eigenvalue weighted by atomic mass is 35.5. The van der Waals surface area contributed by atoms with Crippen LogP contribution in [0.5, 0.6) is 0 Å². The van der Waals surface area contributed by atoms with Gasteiger partial charge in [0.1, 0.15) is 13.2 Å². The number of anilines is 1. The second-order valence-corrected chi connectivity index (χ2v) is 4.97. The molecule has 106 valence electrons. The van der Waals surface area contributed by atoms with Crippen LogP contribution in [0.15, 0.2) is 24.3 Å². The predicted octanol–water partition coefficient (Wildman–Crippen LogP) is 2.48. The van der Waals surface area contributed by atoms with Gasteiger partial charge in [0.25, 0.3) is 0 Å². The lowest BCUT2D eigenvalue weighted by atomic mass is 10.2. The first kappa shape index (κ1) is 14.4. The summed E-state index contributed by atoms with van der Waals surface area (Å²) in [5, 5.41) is 4.80. The Bertz CT molecular complexity index is 637. The molecule has 2 aromatic rings. The summed E-state index contributed by atoms with van der Waals surface area (Å²) < 4.78 is 6.74. The van der Waals surface area contributed by atoms with Crippen molar-refractivity contribution in [3.05, 3.63) is 46.2 Å². The number of rotatable bonds is 4. The van der Waals surface area contributed by atoms with Gasteiger partial charge in [-0.25, -0.2) is 0 Å². The number of benzene rings is 1. The minimum atomic E-state index is -0.365. The van der Waals surface area contributed by atoms with Gasteiger partial charge in [-0.05, 0) is 31.5 Å². The van der Waals surface area contributed by atoms with E-state index in [9.17, 15) is 4.79 Å². The Hall–Kier alpha value is -2.01. The third-order valence-corrected chi connectivity index (χ3v) is 3.24. The summed E-state index contributed by atoms with van der Waals surface area (Å²) in [6.45, 7) is 3.86. The molecule has 0 saturated heterocycles. The van der Waals surface area contributed by atoms with E-state index in [0.717, 1.165) is 11.3 Å². The minimum Gasteiger partial charge on any atom is -0.459 e. The van der Waals surface area contributed by atoms with Crippen molar-refractivity contribution < 1.29 is 9.53 Å². The van der Waals surface area contributed by atoms with Crippen LogP contribution in [0.25, 0.3) is 0 Å². The number of carbonyl (C=O) groups excluding carboxylic acids is 1. The number of ether oxygens (including phenoxy) is 1. The van der Waals surface area contributed by atoms with Crippen LogP contribution in [0.4, 0.5) is 5.69 Å². The predicted molar refractivity (Wildman–Crippen MR) is 77.4 cm³/mol. The molecule has 0 unspecified atom stereocenters. The number of esters is 1. The number of hydrogen-bond acceptors (Lipinski definition) is 4. The standard InChI is InChI=1S/C14H16ClN3O2/c1-9-14(16)10(2)18(17-9)7-13(19)20-8-11-4-3-5-12(15)6-11/h3-6H,7-8,16H2,1-2H3. The molecule has 1 heterocycles. The Morgan fingerprint density at radius 3 is 2.80 bits per heavy atom. The fraction of sp³-hybridized carbons (Fsp3) is 0.286. The third-order valence-electron chi connectivity index (χ3n) is 3.01. The molecule has 0 radical (unpaired) electrons. The van der Waals surface area contributed by atoms with Crippen LogP contribution >= 0.6 is 11.6 Å². The molecule has 0 bridgehead atoms. The molecule has 0 amide bonds. The summed E-state index contributed by atoms with van der Waals surface area (Å²) >= 11 is 5.86. The van der Waals surface area contributed by atoms with Crippen LogP contribution in [0.1, 0.15) is 17.0 Å². The van der Waals surface area contributed by atoms with E-state index in [4.69, 9.17) is 22.1 Å². The zero-order valence-corrected chi connectivity index (χ0v) is 12.1. The SMILES string of the molecule is Cc1nn(CC(=O)OCc2cccc(Cl)c2)c(C)c1N. The van der Waals surface area contributed by atoms with E-state index in [1.807, 2.05) is 19.1 Å². The maximum atomic E-state index is 11.8. The van der Waals surface area contributed by atoms with Gasteiger partial charge in [-0.1, -0.05) is 23.7 Å². The number of halogens is 1. The van der Waals surface area contributed by atoms with Crippen molar-refractivity contribution in [1.29, 1.82) is 0 Å². The zero-order chi connectivity index (χ0) is 14.7. The van der Waals surface area contributed by atoms with Gasteiger partial charge in [-0.2, -0.15) is 5.10 Å². The van der Waals surface area contributed by atoms with Crippen LogP contribution in [0, 0.1) is 13.8 Å². The summed E-state index contributed by atoms with van der Waals surface area (Å²) in [6.07, 6.45) is 0. The van der Waals surface area contributed by atoms with Crippen molar-refractivity contribution in [2.24, 2.45) is 0 Å². The number of nitrogens with two attached hydrogens (primary N) is 1.